The van der Waals surface area contributed by atoms with E-state index in [0.29, 0.717) is 0 Å². The summed E-state index contributed by atoms with van der Waals surface area (Å²) in [5.41, 5.74) is 6.00. The van der Waals surface area contributed by atoms with Gasteiger partial charge in [0, 0.05) is 9.52 Å². The fourth-order valence-electron chi connectivity index (χ4n) is 2.61. The van der Waals surface area contributed by atoms with E-state index in [1.807, 2.05) is 0 Å². The monoisotopic (exact) mass is 475 g/mol. The Morgan fingerprint density at radius 3 is 1.32 bits per heavy atom. The van der Waals surface area contributed by atoms with E-state index in [1.54, 1.807) is 0 Å². The quantitative estimate of drug-likeness (QED) is 0.265. The van der Waals surface area contributed by atoms with E-state index >= 15 is 0 Å². The molecule has 0 heterocycles. The molecule has 0 aliphatic carbocycles. The van der Waals surface area contributed by atoms with Gasteiger partial charge in [-0.25, -0.2) is 12.1 Å². The van der Waals surface area contributed by atoms with Crippen LogP contribution in [-0.2, 0) is 42.7 Å². The number of unbranched alkanes of at least 4 members (excludes halogenated alkanes) is 2. The maximum absolute atomic E-state index is 4.89. The average Bonchev–Trinajstić information content (AvgIpc) is 3.35. The Morgan fingerprint density at radius 1 is 0.786 bits per heavy atom. The van der Waals surface area contributed by atoms with E-state index in [9.17, 15) is 0 Å². The van der Waals surface area contributed by atoms with Crippen molar-refractivity contribution in [1.82, 2.24) is 0 Å². The van der Waals surface area contributed by atoms with Crippen LogP contribution in [0.3, 0.4) is 0 Å². The molecule has 4 heteroatoms. The zero-order chi connectivity index (χ0) is 21.6. The van der Waals surface area contributed by atoms with Gasteiger partial charge in [-0.1, -0.05) is 92.2 Å². The molecule has 2 aromatic rings. The van der Waals surface area contributed by atoms with Crippen LogP contribution < -0.4 is 0 Å². The molecule has 0 saturated heterocycles. The molecular weight excluding hydrogens is 435 g/mol. The van der Waals surface area contributed by atoms with E-state index in [1.165, 1.54) is 73.6 Å². The summed E-state index contributed by atoms with van der Waals surface area (Å²) in [7, 11) is 10.5. The van der Waals surface area contributed by atoms with Crippen molar-refractivity contribution in [2.45, 2.75) is 92.2 Å². The number of hydrogen-bond acceptors (Lipinski definition) is 0. The summed E-state index contributed by atoms with van der Waals surface area (Å²) in [6.45, 7) is 13.3. The third-order valence-corrected chi connectivity index (χ3v) is 4.22. The van der Waals surface area contributed by atoms with Crippen LogP contribution >= 0.6 is 18.6 Å². The van der Waals surface area contributed by atoms with Crippen LogP contribution in [0.2, 0.25) is 13.1 Å². The van der Waals surface area contributed by atoms with Gasteiger partial charge >= 0.3 is 35.6 Å². The van der Waals surface area contributed by atoms with Gasteiger partial charge in [0.25, 0.3) is 0 Å². The summed E-state index contributed by atoms with van der Waals surface area (Å²) < 4.78 is 0. The molecular formula is C24H41Cl2SiTi-2. The molecule has 1 radical (unpaired) electrons. The molecule has 0 aliphatic heterocycles. The van der Waals surface area contributed by atoms with Crippen molar-refractivity contribution in [3.63, 3.8) is 0 Å². The van der Waals surface area contributed by atoms with Gasteiger partial charge in [-0.05, 0) is 0 Å². The van der Waals surface area contributed by atoms with Gasteiger partial charge in [-0.3, -0.25) is 0 Å². The first kappa shape index (κ1) is 30.4. The molecule has 0 spiro atoms. The Bertz CT molecular complexity index is 486. The third kappa shape index (κ3) is 18.3. The summed E-state index contributed by atoms with van der Waals surface area (Å²) in [6.07, 6.45) is 10.1. The number of rotatable bonds is 8. The summed E-state index contributed by atoms with van der Waals surface area (Å²) in [5.74, 6) is 0. The predicted molar refractivity (Wildman–Crippen MR) is 131 cm³/mol. The molecule has 161 valence electrons. The van der Waals surface area contributed by atoms with Gasteiger partial charge in [0.2, 0.25) is 0 Å². The van der Waals surface area contributed by atoms with Crippen molar-refractivity contribution in [1.29, 1.82) is 0 Å². The van der Waals surface area contributed by atoms with E-state index in [-0.39, 0.29) is 0 Å². The molecule has 2 aromatic carbocycles. The van der Waals surface area contributed by atoms with E-state index in [4.69, 9.17) is 18.6 Å². The molecule has 0 aromatic heterocycles. The first-order valence-electron chi connectivity index (χ1n) is 10.8. The Hall–Kier alpha value is 0.211. The second kappa shape index (κ2) is 23.5. The van der Waals surface area contributed by atoms with Crippen LogP contribution in [-0.4, -0.2) is 9.52 Å². The first-order chi connectivity index (χ1) is 13.6. The van der Waals surface area contributed by atoms with Crippen molar-refractivity contribution in [3.8, 4) is 0 Å². The first-order valence-corrected chi connectivity index (χ1v) is 17.4. The Morgan fingerprint density at radius 2 is 1.11 bits per heavy atom. The predicted octanol–water partition coefficient (Wildman–Crippen LogP) is 8.52. The number of halogens is 2. The van der Waals surface area contributed by atoms with Crippen LogP contribution in [0.5, 0.6) is 0 Å². The summed E-state index contributed by atoms with van der Waals surface area (Å²) in [4.78, 5) is 0. The van der Waals surface area contributed by atoms with E-state index < -0.39 is 17.0 Å². The van der Waals surface area contributed by atoms with Gasteiger partial charge in [0.05, 0.1) is 0 Å². The van der Waals surface area contributed by atoms with Crippen LogP contribution in [0.15, 0.2) is 36.4 Å². The fourth-order valence-corrected chi connectivity index (χ4v) is 2.61. The molecule has 0 unspecified atom stereocenters. The van der Waals surface area contributed by atoms with Gasteiger partial charge < -0.3 is 0 Å². The molecule has 0 saturated carbocycles. The molecule has 0 amide bonds. The van der Waals surface area contributed by atoms with Crippen LogP contribution in [0.4, 0.5) is 0 Å². The summed E-state index contributed by atoms with van der Waals surface area (Å²) in [5, 5.41) is 0. The molecule has 0 aliphatic rings. The topological polar surface area (TPSA) is 0 Å². The number of hydrogen-bond donors (Lipinski definition) is 0. The number of aryl methyl sites for hydroxylation is 4. The van der Waals surface area contributed by atoms with Crippen LogP contribution in [0, 0.1) is 0 Å². The zero-order valence-corrected chi connectivity index (χ0v) is 23.2. The van der Waals surface area contributed by atoms with Crippen molar-refractivity contribution in [3.05, 3.63) is 58.7 Å². The van der Waals surface area contributed by atoms with Gasteiger partial charge in [0.1, 0.15) is 0 Å². The van der Waals surface area contributed by atoms with Crippen molar-refractivity contribution < 1.29 is 17.0 Å². The Kier molecular flexibility index (Phi) is 25.5. The molecule has 0 atom stereocenters. The molecule has 2 rings (SSSR count). The van der Waals surface area contributed by atoms with Crippen molar-refractivity contribution >= 4 is 28.1 Å². The zero-order valence-electron chi connectivity index (χ0n) is 19.0. The maximum atomic E-state index is 4.89. The normalized spacial score (nSPS) is 9.29. The molecule has 28 heavy (non-hydrogen) atoms. The SMILES string of the molecule is CCCCc1cc(CC)c[cH-]1.CCCCc1cc(CC)c[cH-]1.C[SiH]C.[Cl][Ti][Cl]. The molecule has 0 nitrogen and oxygen atoms in total. The molecule has 0 fully saturated rings. The Labute approximate surface area is 195 Å². The fraction of sp³-hybridized carbons (Fsp3) is 0.583. The Balaban J connectivity index is 0. The molecule has 0 N–H and O–H groups in total. The summed E-state index contributed by atoms with van der Waals surface area (Å²) >= 11 is -0.556. The standard InChI is InChI=1S/2C11H17.C2H7Si.2ClH.Ti/c2*1-3-5-6-11-8-7-10(4-2)9-11;1-3-2;;;/h2*7-9H,3-6H2,1-2H3;3H,1-2H3;2*1H;/q2*-1;;;;+2/p-2. The second-order valence-corrected chi connectivity index (χ2v) is 10.6. The van der Waals surface area contributed by atoms with Gasteiger partial charge in [0.15, 0.2) is 0 Å². The minimum atomic E-state index is -0.556. The van der Waals surface area contributed by atoms with E-state index in [0.717, 1.165) is 9.52 Å². The van der Waals surface area contributed by atoms with Gasteiger partial charge in [-0.15, -0.1) is 0 Å². The van der Waals surface area contributed by atoms with Crippen molar-refractivity contribution in [2.24, 2.45) is 0 Å². The summed E-state index contributed by atoms with van der Waals surface area (Å²) in [6, 6.07) is 13.7. The minimum absolute atomic E-state index is 0.556. The van der Waals surface area contributed by atoms with Crippen LogP contribution in [0.1, 0.15) is 75.6 Å². The average molecular weight is 476 g/mol. The van der Waals surface area contributed by atoms with Crippen LogP contribution in [0.25, 0.3) is 0 Å². The second-order valence-electron chi connectivity index (χ2n) is 6.82. The molecule has 0 bridgehead atoms. The van der Waals surface area contributed by atoms with Gasteiger partial charge in [-0.2, -0.15) is 46.5 Å². The third-order valence-electron chi connectivity index (χ3n) is 4.22. The van der Waals surface area contributed by atoms with E-state index in [2.05, 4.69) is 77.2 Å². The van der Waals surface area contributed by atoms with Crippen molar-refractivity contribution in [2.75, 3.05) is 0 Å².